The number of nitrogens with one attached hydrogen (secondary N) is 1. The van der Waals surface area contributed by atoms with E-state index in [4.69, 9.17) is 5.26 Å². The van der Waals surface area contributed by atoms with Gasteiger partial charge in [0.05, 0.1) is 5.56 Å². The maximum atomic E-state index is 9.10. The first-order valence-electron chi connectivity index (χ1n) is 7.73. The number of pyridine rings is 1. The fourth-order valence-corrected chi connectivity index (χ4v) is 2.89. The molecule has 0 amide bonds. The summed E-state index contributed by atoms with van der Waals surface area (Å²) >= 11 is 0. The van der Waals surface area contributed by atoms with Crippen LogP contribution in [0.5, 0.6) is 0 Å². The zero-order valence-corrected chi connectivity index (χ0v) is 12.9. The van der Waals surface area contributed by atoms with E-state index >= 15 is 0 Å². The minimum Gasteiger partial charge on any atom is -0.369 e. The van der Waals surface area contributed by atoms with Gasteiger partial charge in [0.25, 0.3) is 0 Å². The number of anilines is 2. The quantitative estimate of drug-likeness (QED) is 0.749. The van der Waals surface area contributed by atoms with Gasteiger partial charge in [0.2, 0.25) is 0 Å². The molecule has 0 bridgehead atoms. The standard InChI is InChI=1S/C15H15N9/c16-8-12-2-1-6-17-15(12)18-9-11-5-7-23(10-11)14-4-3-13-19-21-22-24(13)20-14/h1-4,6,11H,5,7,9-10H2,(H,17,18). The van der Waals surface area contributed by atoms with Gasteiger partial charge in [0.1, 0.15) is 11.9 Å². The highest BCUT2D eigenvalue weighted by atomic mass is 15.6. The largest absolute Gasteiger partial charge is 0.369 e. The molecule has 1 atom stereocenters. The van der Waals surface area contributed by atoms with Crippen LogP contribution in [0.3, 0.4) is 0 Å². The predicted octanol–water partition coefficient (Wildman–Crippen LogP) is 0.724. The molecule has 0 spiro atoms. The van der Waals surface area contributed by atoms with Crippen LogP contribution in [-0.4, -0.2) is 49.9 Å². The molecule has 0 saturated carbocycles. The van der Waals surface area contributed by atoms with E-state index in [1.54, 1.807) is 18.3 Å². The minimum absolute atomic E-state index is 0.463. The molecule has 0 aromatic carbocycles. The van der Waals surface area contributed by atoms with Crippen molar-refractivity contribution in [3.63, 3.8) is 0 Å². The second-order valence-electron chi connectivity index (χ2n) is 5.71. The van der Waals surface area contributed by atoms with E-state index in [0.717, 1.165) is 31.9 Å². The Morgan fingerprint density at radius 1 is 1.33 bits per heavy atom. The summed E-state index contributed by atoms with van der Waals surface area (Å²) in [6.45, 7) is 2.60. The smallest absolute Gasteiger partial charge is 0.200 e. The van der Waals surface area contributed by atoms with E-state index in [2.05, 4.69) is 41.9 Å². The third-order valence-corrected chi connectivity index (χ3v) is 4.15. The molecule has 4 heterocycles. The van der Waals surface area contributed by atoms with E-state index in [-0.39, 0.29) is 0 Å². The summed E-state index contributed by atoms with van der Waals surface area (Å²) in [7, 11) is 0. The van der Waals surface area contributed by atoms with E-state index in [0.29, 0.717) is 22.9 Å². The highest BCUT2D eigenvalue weighted by Gasteiger charge is 2.24. The molecule has 24 heavy (non-hydrogen) atoms. The number of nitriles is 1. The van der Waals surface area contributed by atoms with Crippen molar-refractivity contribution in [1.29, 1.82) is 5.26 Å². The molecule has 1 fully saturated rings. The first-order valence-corrected chi connectivity index (χ1v) is 7.73. The first kappa shape index (κ1) is 14.3. The van der Waals surface area contributed by atoms with Crippen LogP contribution in [-0.2, 0) is 0 Å². The molecule has 3 aromatic heterocycles. The van der Waals surface area contributed by atoms with Gasteiger partial charge in [0, 0.05) is 25.8 Å². The van der Waals surface area contributed by atoms with Gasteiger partial charge in [-0.2, -0.15) is 5.26 Å². The number of rotatable bonds is 4. The molecule has 9 nitrogen and oxygen atoms in total. The second kappa shape index (κ2) is 6.08. The molecular weight excluding hydrogens is 306 g/mol. The number of fused-ring (bicyclic) bond motifs is 1. The van der Waals surface area contributed by atoms with E-state index in [1.165, 1.54) is 4.63 Å². The van der Waals surface area contributed by atoms with Gasteiger partial charge < -0.3 is 10.2 Å². The van der Waals surface area contributed by atoms with Gasteiger partial charge in [-0.3, -0.25) is 0 Å². The van der Waals surface area contributed by atoms with Crippen molar-refractivity contribution in [2.75, 3.05) is 29.9 Å². The van der Waals surface area contributed by atoms with E-state index in [9.17, 15) is 0 Å². The molecule has 4 rings (SSSR count). The molecule has 1 unspecified atom stereocenters. The number of nitrogens with zero attached hydrogens (tertiary/aromatic N) is 8. The molecule has 1 N–H and O–H groups in total. The van der Waals surface area contributed by atoms with Gasteiger partial charge in [-0.05, 0) is 47.0 Å². The van der Waals surface area contributed by atoms with Crippen LogP contribution in [0.4, 0.5) is 11.6 Å². The fourth-order valence-electron chi connectivity index (χ4n) is 2.89. The highest BCUT2D eigenvalue weighted by Crippen LogP contribution is 2.22. The van der Waals surface area contributed by atoms with Gasteiger partial charge in [-0.15, -0.1) is 14.8 Å². The van der Waals surface area contributed by atoms with Gasteiger partial charge >= 0.3 is 0 Å². The lowest BCUT2D eigenvalue weighted by atomic mass is 10.1. The minimum atomic E-state index is 0.463. The summed E-state index contributed by atoms with van der Waals surface area (Å²) < 4.78 is 1.44. The van der Waals surface area contributed by atoms with Crippen LogP contribution in [0.1, 0.15) is 12.0 Å². The Labute approximate surface area is 137 Å². The van der Waals surface area contributed by atoms with Crippen molar-refractivity contribution in [3.05, 3.63) is 36.0 Å². The van der Waals surface area contributed by atoms with E-state index < -0.39 is 0 Å². The molecule has 0 aliphatic carbocycles. The Morgan fingerprint density at radius 2 is 2.29 bits per heavy atom. The SMILES string of the molecule is N#Cc1cccnc1NCC1CCN(c2ccc3nnnn3n2)C1. The van der Waals surface area contributed by atoms with E-state index in [1.807, 2.05) is 12.1 Å². The Morgan fingerprint density at radius 3 is 3.21 bits per heavy atom. The van der Waals surface area contributed by atoms with Gasteiger partial charge in [0.15, 0.2) is 11.5 Å². The number of aromatic nitrogens is 6. The molecule has 120 valence electrons. The van der Waals surface area contributed by atoms with Crippen molar-refractivity contribution < 1.29 is 0 Å². The Kier molecular flexibility index (Phi) is 3.63. The van der Waals surface area contributed by atoms with Gasteiger partial charge in [-0.25, -0.2) is 4.98 Å². The summed E-state index contributed by atoms with van der Waals surface area (Å²) in [6, 6.07) is 9.48. The topological polar surface area (TPSA) is 108 Å². The first-order chi connectivity index (χ1) is 11.8. The van der Waals surface area contributed by atoms with Crippen LogP contribution in [0.15, 0.2) is 30.5 Å². The van der Waals surface area contributed by atoms with Crippen molar-refractivity contribution >= 4 is 17.3 Å². The van der Waals surface area contributed by atoms with Crippen molar-refractivity contribution in [3.8, 4) is 6.07 Å². The molecule has 1 aliphatic heterocycles. The molecule has 1 aliphatic rings. The summed E-state index contributed by atoms with van der Waals surface area (Å²) in [4.78, 5) is 6.45. The normalized spacial score (nSPS) is 17.1. The average molecular weight is 321 g/mol. The Bertz CT molecular complexity index is 897. The van der Waals surface area contributed by atoms with Crippen molar-refractivity contribution in [2.45, 2.75) is 6.42 Å². The van der Waals surface area contributed by atoms with Crippen molar-refractivity contribution in [1.82, 2.24) is 30.2 Å². The predicted molar refractivity (Wildman–Crippen MR) is 86.3 cm³/mol. The van der Waals surface area contributed by atoms with Crippen LogP contribution in [0.25, 0.3) is 5.65 Å². The summed E-state index contributed by atoms with van der Waals surface area (Å²) in [6.07, 6.45) is 2.74. The fraction of sp³-hybridized carbons (Fsp3) is 0.333. The Hall–Kier alpha value is -3.28. The lowest BCUT2D eigenvalue weighted by molar-refractivity contribution is 0.619. The maximum Gasteiger partial charge on any atom is 0.200 e. The number of hydrogen-bond acceptors (Lipinski definition) is 8. The van der Waals surface area contributed by atoms with Crippen molar-refractivity contribution in [2.24, 2.45) is 5.92 Å². The molecular formula is C15H15N9. The average Bonchev–Trinajstić information content (AvgIpc) is 3.28. The van der Waals surface area contributed by atoms with Gasteiger partial charge in [-0.1, -0.05) is 0 Å². The zero-order chi connectivity index (χ0) is 16.4. The summed E-state index contributed by atoms with van der Waals surface area (Å²) in [5.41, 5.74) is 1.20. The lowest BCUT2D eigenvalue weighted by Crippen LogP contribution is -2.24. The summed E-state index contributed by atoms with van der Waals surface area (Å²) in [5.74, 6) is 1.98. The lowest BCUT2D eigenvalue weighted by Gasteiger charge is -2.17. The number of hydrogen-bond donors (Lipinski definition) is 1. The maximum absolute atomic E-state index is 9.10. The second-order valence-corrected chi connectivity index (χ2v) is 5.71. The van der Waals surface area contributed by atoms with Crippen LogP contribution < -0.4 is 10.2 Å². The molecule has 9 heteroatoms. The third kappa shape index (κ3) is 2.69. The zero-order valence-electron chi connectivity index (χ0n) is 12.9. The number of tetrazole rings is 1. The van der Waals surface area contributed by atoms with Crippen LogP contribution in [0.2, 0.25) is 0 Å². The Balaban J connectivity index is 1.40. The monoisotopic (exact) mass is 321 g/mol. The van der Waals surface area contributed by atoms with Crippen LogP contribution >= 0.6 is 0 Å². The molecule has 3 aromatic rings. The summed E-state index contributed by atoms with van der Waals surface area (Å²) in [5, 5.41) is 28.1. The highest BCUT2D eigenvalue weighted by molar-refractivity contribution is 5.51. The third-order valence-electron chi connectivity index (χ3n) is 4.15. The molecule has 0 radical (unpaired) electrons. The van der Waals surface area contributed by atoms with Crippen LogP contribution in [0, 0.1) is 17.2 Å². The molecule has 1 saturated heterocycles.